The van der Waals surface area contributed by atoms with Crippen molar-refractivity contribution in [3.05, 3.63) is 29.8 Å². The molecule has 0 spiro atoms. The van der Waals surface area contributed by atoms with E-state index in [1.807, 2.05) is 24.3 Å². The molecule has 0 aliphatic carbocycles. The van der Waals surface area contributed by atoms with Crippen LogP contribution in [-0.2, 0) is 9.53 Å². The molecule has 112 valence electrons. The lowest BCUT2D eigenvalue weighted by molar-refractivity contribution is -0.145. The fraction of sp³-hybridized carbons (Fsp3) is 0.438. The average Bonchev–Trinajstić information content (AvgIpc) is 3.14. The fourth-order valence-electron chi connectivity index (χ4n) is 2.79. The minimum absolute atomic E-state index is 0.101. The van der Waals surface area contributed by atoms with E-state index in [0.717, 1.165) is 43.0 Å². The molecule has 1 aromatic carbocycles. The topological polar surface area (TPSA) is 48.0 Å². The van der Waals surface area contributed by atoms with Crippen molar-refractivity contribution in [2.24, 2.45) is 0 Å². The normalized spacial score (nSPS) is 21.1. The van der Waals surface area contributed by atoms with Crippen molar-refractivity contribution in [2.45, 2.75) is 18.9 Å². The van der Waals surface area contributed by atoms with Crippen LogP contribution in [0.1, 0.15) is 18.4 Å². The number of hydrogen-bond acceptors (Lipinski definition) is 5. The van der Waals surface area contributed by atoms with Crippen molar-refractivity contribution in [1.82, 2.24) is 4.90 Å². The summed E-state index contributed by atoms with van der Waals surface area (Å²) in [6.45, 7) is 1.97. The Labute approximate surface area is 124 Å². The summed E-state index contributed by atoms with van der Waals surface area (Å²) < 4.78 is 15.5. The molecular weight excluding hydrogens is 270 g/mol. The van der Waals surface area contributed by atoms with Gasteiger partial charge in [0.15, 0.2) is 11.5 Å². The van der Waals surface area contributed by atoms with Crippen LogP contribution in [0, 0.1) is 0 Å². The lowest BCUT2D eigenvalue weighted by atomic mass is 10.2. The SMILES string of the molecule is COC(=O)[C@@H]1CCCN1C/C=C/c1ccc2c(c1)OCO2. The summed E-state index contributed by atoms with van der Waals surface area (Å²) in [6.07, 6.45) is 6.02. The maximum atomic E-state index is 11.7. The van der Waals surface area contributed by atoms with Crippen LogP contribution < -0.4 is 9.47 Å². The van der Waals surface area contributed by atoms with Crippen molar-refractivity contribution >= 4 is 12.0 Å². The predicted octanol–water partition coefficient (Wildman–Crippen LogP) is 2.07. The van der Waals surface area contributed by atoms with Gasteiger partial charge in [-0.2, -0.15) is 0 Å². The van der Waals surface area contributed by atoms with Gasteiger partial charge in [0.25, 0.3) is 0 Å². The van der Waals surface area contributed by atoms with Crippen molar-refractivity contribution in [2.75, 3.05) is 27.0 Å². The van der Waals surface area contributed by atoms with Crippen molar-refractivity contribution < 1.29 is 19.0 Å². The van der Waals surface area contributed by atoms with Gasteiger partial charge in [0, 0.05) is 6.54 Å². The summed E-state index contributed by atoms with van der Waals surface area (Å²) in [5.74, 6) is 1.44. The van der Waals surface area contributed by atoms with Gasteiger partial charge in [0.1, 0.15) is 6.04 Å². The Morgan fingerprint density at radius 3 is 3.14 bits per heavy atom. The predicted molar refractivity (Wildman–Crippen MR) is 78.2 cm³/mol. The molecule has 5 heteroatoms. The molecule has 0 aromatic heterocycles. The van der Waals surface area contributed by atoms with Crippen molar-refractivity contribution in [1.29, 1.82) is 0 Å². The zero-order valence-corrected chi connectivity index (χ0v) is 12.1. The molecule has 0 radical (unpaired) electrons. The number of benzene rings is 1. The van der Waals surface area contributed by atoms with Crippen LogP contribution in [0.4, 0.5) is 0 Å². The van der Waals surface area contributed by atoms with Crippen LogP contribution in [0.25, 0.3) is 6.08 Å². The number of methoxy groups -OCH3 is 1. The minimum Gasteiger partial charge on any atom is -0.468 e. The first kappa shape index (κ1) is 13.9. The molecule has 0 amide bonds. The number of ether oxygens (including phenoxy) is 3. The molecule has 0 N–H and O–H groups in total. The van der Waals surface area contributed by atoms with E-state index in [-0.39, 0.29) is 18.8 Å². The maximum absolute atomic E-state index is 11.7. The summed E-state index contributed by atoms with van der Waals surface area (Å²) in [4.78, 5) is 13.8. The smallest absolute Gasteiger partial charge is 0.323 e. The number of esters is 1. The highest BCUT2D eigenvalue weighted by atomic mass is 16.7. The van der Waals surface area contributed by atoms with E-state index in [2.05, 4.69) is 11.0 Å². The molecule has 5 nitrogen and oxygen atoms in total. The van der Waals surface area contributed by atoms with E-state index in [9.17, 15) is 4.79 Å². The van der Waals surface area contributed by atoms with Gasteiger partial charge in [-0.05, 0) is 37.1 Å². The Kier molecular flexibility index (Phi) is 4.10. The van der Waals surface area contributed by atoms with E-state index < -0.39 is 0 Å². The fourth-order valence-corrected chi connectivity index (χ4v) is 2.79. The van der Waals surface area contributed by atoms with Gasteiger partial charge in [-0.3, -0.25) is 9.69 Å². The second-order valence-electron chi connectivity index (χ2n) is 5.19. The molecule has 0 unspecified atom stereocenters. The summed E-state index contributed by atoms with van der Waals surface area (Å²) in [7, 11) is 1.45. The number of likely N-dealkylation sites (tertiary alicyclic amines) is 1. The molecule has 1 atom stereocenters. The molecule has 3 rings (SSSR count). The van der Waals surface area contributed by atoms with Gasteiger partial charge in [-0.25, -0.2) is 0 Å². The zero-order valence-electron chi connectivity index (χ0n) is 12.1. The maximum Gasteiger partial charge on any atom is 0.323 e. The quantitative estimate of drug-likeness (QED) is 0.794. The molecule has 1 saturated heterocycles. The van der Waals surface area contributed by atoms with Gasteiger partial charge >= 0.3 is 5.97 Å². The Balaban J connectivity index is 1.60. The van der Waals surface area contributed by atoms with Gasteiger partial charge in [-0.1, -0.05) is 18.2 Å². The second-order valence-corrected chi connectivity index (χ2v) is 5.19. The summed E-state index contributed by atoms with van der Waals surface area (Å²) in [6, 6.07) is 5.76. The number of fused-ring (bicyclic) bond motifs is 1. The van der Waals surface area contributed by atoms with E-state index in [0.29, 0.717) is 0 Å². The monoisotopic (exact) mass is 289 g/mol. The number of rotatable bonds is 4. The van der Waals surface area contributed by atoms with E-state index in [4.69, 9.17) is 14.2 Å². The van der Waals surface area contributed by atoms with Crippen LogP contribution in [0.2, 0.25) is 0 Å². The Morgan fingerprint density at radius 2 is 2.29 bits per heavy atom. The first-order valence-electron chi connectivity index (χ1n) is 7.16. The average molecular weight is 289 g/mol. The zero-order chi connectivity index (χ0) is 14.7. The summed E-state index contributed by atoms with van der Waals surface area (Å²) in [5.41, 5.74) is 1.06. The molecule has 2 aliphatic rings. The number of nitrogens with zero attached hydrogens (tertiary/aromatic N) is 1. The molecule has 0 bridgehead atoms. The number of carbonyl (C=O) groups excluding carboxylic acids is 1. The van der Waals surface area contributed by atoms with Gasteiger partial charge < -0.3 is 14.2 Å². The van der Waals surface area contributed by atoms with Gasteiger partial charge in [-0.15, -0.1) is 0 Å². The van der Waals surface area contributed by atoms with Crippen LogP contribution in [0.15, 0.2) is 24.3 Å². The van der Waals surface area contributed by atoms with Crippen molar-refractivity contribution in [3.8, 4) is 11.5 Å². The highest BCUT2D eigenvalue weighted by Crippen LogP contribution is 2.32. The molecule has 1 fully saturated rings. The summed E-state index contributed by atoms with van der Waals surface area (Å²) in [5, 5.41) is 0. The second kappa shape index (κ2) is 6.18. The highest BCUT2D eigenvalue weighted by molar-refractivity contribution is 5.76. The molecule has 2 aliphatic heterocycles. The van der Waals surface area contributed by atoms with Crippen LogP contribution in [0.3, 0.4) is 0 Å². The third-order valence-corrected chi connectivity index (χ3v) is 3.88. The molecule has 1 aromatic rings. The Bertz CT molecular complexity index is 555. The lowest BCUT2D eigenvalue weighted by Crippen LogP contribution is -2.36. The van der Waals surface area contributed by atoms with Crippen LogP contribution in [0.5, 0.6) is 11.5 Å². The van der Waals surface area contributed by atoms with Gasteiger partial charge in [0.05, 0.1) is 7.11 Å². The first-order valence-corrected chi connectivity index (χ1v) is 7.16. The Morgan fingerprint density at radius 1 is 1.43 bits per heavy atom. The molecule has 21 heavy (non-hydrogen) atoms. The largest absolute Gasteiger partial charge is 0.468 e. The number of carbonyl (C=O) groups is 1. The highest BCUT2D eigenvalue weighted by Gasteiger charge is 2.30. The summed E-state index contributed by atoms with van der Waals surface area (Å²) >= 11 is 0. The van der Waals surface area contributed by atoms with E-state index in [1.165, 1.54) is 7.11 Å². The Hall–Kier alpha value is -2.01. The molecule has 2 heterocycles. The standard InChI is InChI=1S/C16H19NO4/c1-19-16(18)13-5-3-9-17(13)8-2-4-12-6-7-14-15(10-12)21-11-20-14/h2,4,6-7,10,13H,3,5,8-9,11H2,1H3/b4-2+/t13-/m0/s1. The van der Waals surface area contributed by atoms with Crippen LogP contribution in [-0.4, -0.2) is 43.9 Å². The van der Waals surface area contributed by atoms with E-state index >= 15 is 0 Å². The first-order chi connectivity index (χ1) is 10.3. The number of hydrogen-bond donors (Lipinski definition) is 0. The lowest BCUT2D eigenvalue weighted by Gasteiger charge is -2.20. The molecular formula is C16H19NO4. The van der Waals surface area contributed by atoms with Crippen molar-refractivity contribution in [3.63, 3.8) is 0 Å². The third kappa shape index (κ3) is 3.03. The van der Waals surface area contributed by atoms with E-state index in [1.54, 1.807) is 0 Å². The van der Waals surface area contributed by atoms with Crippen LogP contribution >= 0.6 is 0 Å². The minimum atomic E-state index is -0.135. The van der Waals surface area contributed by atoms with Gasteiger partial charge in [0.2, 0.25) is 6.79 Å². The third-order valence-electron chi connectivity index (χ3n) is 3.88. The molecule has 0 saturated carbocycles.